The number of rotatable bonds is 13. The zero-order valence-electron chi connectivity index (χ0n) is 33.9. The lowest BCUT2D eigenvalue weighted by Gasteiger charge is -2.45. The van der Waals surface area contributed by atoms with E-state index in [2.05, 4.69) is 0 Å². The third-order valence-corrected chi connectivity index (χ3v) is 10.8. The van der Waals surface area contributed by atoms with Crippen LogP contribution in [0.1, 0.15) is 5.56 Å². The molecule has 12 N–H and O–H groups in total. The van der Waals surface area contributed by atoms with Crippen molar-refractivity contribution < 1.29 is 108 Å². The van der Waals surface area contributed by atoms with E-state index in [-0.39, 0.29) is 39.9 Å². The number of fused-ring (bicyclic) bond motifs is 1. The molecule has 0 amide bonds. The molecule has 3 saturated heterocycles. The molecule has 1 aliphatic carbocycles. The van der Waals surface area contributed by atoms with E-state index in [0.29, 0.717) is 5.56 Å². The highest BCUT2D eigenvalue weighted by molar-refractivity contribution is 5.87. The highest BCUT2D eigenvalue weighted by Crippen LogP contribution is 2.43. The fourth-order valence-electron chi connectivity index (χ4n) is 7.15. The second-order valence-corrected chi connectivity index (χ2v) is 15.2. The number of hydrogen-bond acceptors (Lipinski definition) is 23. The Morgan fingerprint density at radius 3 is 2.12 bits per heavy atom. The van der Waals surface area contributed by atoms with Crippen molar-refractivity contribution in [3.63, 3.8) is 0 Å². The quantitative estimate of drug-likeness (QED) is 0.0391. The summed E-state index contributed by atoms with van der Waals surface area (Å²) >= 11 is 0. The number of methoxy groups -OCH3 is 1. The Morgan fingerprint density at radius 2 is 1.38 bits per heavy atom. The largest absolute Gasteiger partial charge is 0.507 e. The minimum atomic E-state index is -2.04. The predicted molar refractivity (Wildman–Crippen MR) is 213 cm³/mol. The third-order valence-electron chi connectivity index (χ3n) is 10.8. The third kappa shape index (κ3) is 10.3. The van der Waals surface area contributed by atoms with Crippen LogP contribution in [0, 0.1) is 0 Å². The van der Waals surface area contributed by atoms with Crippen LogP contribution >= 0.6 is 0 Å². The second-order valence-electron chi connectivity index (χ2n) is 15.2. The summed E-state index contributed by atoms with van der Waals surface area (Å²) in [5.74, 6) is -3.30. The Hall–Kier alpha value is -5.64. The van der Waals surface area contributed by atoms with E-state index >= 15 is 0 Å². The Kier molecular flexibility index (Phi) is 14.5. The van der Waals surface area contributed by atoms with Crippen molar-refractivity contribution in [1.29, 1.82) is 0 Å². The molecule has 0 unspecified atom stereocenters. The van der Waals surface area contributed by atoms with Crippen LogP contribution in [-0.2, 0) is 33.2 Å². The minimum Gasteiger partial charge on any atom is -0.507 e. The summed E-state index contributed by atoms with van der Waals surface area (Å²) in [6, 6.07) is 10.9. The molecule has 23 heteroatoms. The first-order valence-electron chi connectivity index (χ1n) is 19.8. The van der Waals surface area contributed by atoms with E-state index in [1.807, 2.05) is 0 Å². The molecular formula is C42H46O23. The molecule has 0 bridgehead atoms. The second kappa shape index (κ2) is 19.8. The summed E-state index contributed by atoms with van der Waals surface area (Å²) < 4.78 is 50.9. The van der Waals surface area contributed by atoms with Crippen LogP contribution in [0.5, 0.6) is 34.5 Å². The Labute approximate surface area is 366 Å². The monoisotopic (exact) mass is 918 g/mol. The fraction of sp³-hybridized carbons (Fsp3) is 0.429. The molecule has 0 radical (unpaired) electrons. The summed E-state index contributed by atoms with van der Waals surface area (Å²) in [4.78, 5) is 24.8. The van der Waals surface area contributed by atoms with E-state index in [0.717, 1.165) is 30.3 Å². The number of aliphatic hydroxyl groups excluding tert-OH is 8. The lowest BCUT2D eigenvalue weighted by Crippen LogP contribution is -2.64. The molecular weight excluding hydrogens is 872 g/mol. The van der Waals surface area contributed by atoms with Gasteiger partial charge in [-0.25, -0.2) is 4.79 Å². The van der Waals surface area contributed by atoms with E-state index in [1.54, 1.807) is 0 Å². The lowest BCUT2D eigenvalue weighted by atomic mass is 9.97. The summed E-state index contributed by atoms with van der Waals surface area (Å²) in [6.45, 7) is -1.97. The van der Waals surface area contributed by atoms with Crippen LogP contribution in [0.4, 0.5) is 0 Å². The van der Waals surface area contributed by atoms with Gasteiger partial charge in [0.2, 0.25) is 6.29 Å². The number of carbonyl (C=O) groups excluding carboxylic acids is 1. The Morgan fingerprint density at radius 1 is 0.692 bits per heavy atom. The highest BCUT2D eigenvalue weighted by Gasteiger charge is 2.52. The molecule has 0 spiro atoms. The molecule has 4 heterocycles. The topological polar surface area (TPSA) is 364 Å². The number of aliphatic hydroxyl groups is 8. The first kappa shape index (κ1) is 47.3. The van der Waals surface area contributed by atoms with Gasteiger partial charge in [-0.05, 0) is 48.0 Å². The van der Waals surface area contributed by atoms with Gasteiger partial charge in [0.25, 0.3) is 0 Å². The van der Waals surface area contributed by atoms with Crippen LogP contribution in [0.25, 0.3) is 28.7 Å². The average Bonchev–Trinajstić information content (AvgIpc) is 3.28. The van der Waals surface area contributed by atoms with Gasteiger partial charge in [-0.15, -0.1) is 0 Å². The van der Waals surface area contributed by atoms with Gasteiger partial charge in [-0.2, -0.15) is 0 Å². The standard InChI is InChI=1S/C42H46O23/c1-57-26-8-16(2-5-21(26)45)3-7-30(49)58-14-28-32(51)34(53)37(56)40(63-28)60-15-29-33(52)35(54)39(65-41-36(55)31(50)24(48)13-59-41)42(64-29)62-27-12-19-22(46)10-18(43)11-25(19)61-38(27)17-4-6-20(44)23(47)9-17/h2-12,24,28-29,31-37,39-42,44-48,50-56H,13-15H2,1H3/b7-3+/t24-,28-,29-,31+,32-,33+,34+,35+,36-,37-,39-,40-,41+,42-/m1/s1. The van der Waals surface area contributed by atoms with Gasteiger partial charge in [-0.1, -0.05) is 6.07 Å². The smallest absolute Gasteiger partial charge is 0.330 e. The van der Waals surface area contributed by atoms with E-state index in [1.165, 1.54) is 43.5 Å². The van der Waals surface area contributed by atoms with Crippen molar-refractivity contribution in [2.24, 2.45) is 0 Å². The number of benzene rings is 3. The number of hydrogen-bond donors (Lipinski definition) is 12. The Balaban J connectivity index is 1.12. The van der Waals surface area contributed by atoms with Crippen LogP contribution in [-0.4, -0.2) is 180 Å². The normalized spacial score (nSPS) is 31.8. The summed E-state index contributed by atoms with van der Waals surface area (Å²) in [6.07, 6.45) is -22.9. The molecule has 23 nitrogen and oxygen atoms in total. The lowest BCUT2D eigenvalue weighted by molar-refractivity contribution is -0.353. The number of phenols is 4. The van der Waals surface area contributed by atoms with Gasteiger partial charge in [0, 0.05) is 23.8 Å². The molecule has 14 atom stereocenters. The molecule has 65 heavy (non-hydrogen) atoms. The maximum absolute atomic E-state index is 12.5. The molecule has 5 aliphatic rings. The number of carbonyl (C=O) groups is 1. The van der Waals surface area contributed by atoms with Crippen molar-refractivity contribution >= 4 is 12.0 Å². The van der Waals surface area contributed by atoms with Crippen molar-refractivity contribution in [1.82, 2.24) is 0 Å². The average molecular weight is 919 g/mol. The van der Waals surface area contributed by atoms with Crippen LogP contribution < -0.4 is 14.9 Å². The van der Waals surface area contributed by atoms with Gasteiger partial charge >= 0.3 is 5.97 Å². The van der Waals surface area contributed by atoms with Crippen molar-refractivity contribution in [2.45, 2.75) is 86.0 Å². The van der Waals surface area contributed by atoms with Gasteiger partial charge in [0.1, 0.15) is 79.2 Å². The zero-order valence-corrected chi connectivity index (χ0v) is 33.9. The molecule has 2 aromatic rings. The minimum absolute atomic E-state index is 0.0309. The van der Waals surface area contributed by atoms with E-state index in [9.17, 15) is 70.9 Å². The maximum Gasteiger partial charge on any atom is 0.330 e. The van der Waals surface area contributed by atoms with E-state index < -0.39 is 134 Å². The Bertz CT molecular complexity index is 2350. The number of ether oxygens (including phenoxy) is 8. The highest BCUT2D eigenvalue weighted by atomic mass is 16.8. The van der Waals surface area contributed by atoms with Gasteiger partial charge in [-0.3, -0.25) is 4.79 Å². The van der Waals surface area contributed by atoms with Gasteiger partial charge < -0.3 is 104 Å². The predicted octanol–water partition coefficient (Wildman–Crippen LogP) is -2.03. The van der Waals surface area contributed by atoms with Crippen molar-refractivity contribution in [3.05, 3.63) is 76.5 Å². The molecule has 0 aromatic heterocycles. The molecule has 2 aromatic carbocycles. The first-order chi connectivity index (χ1) is 30.9. The van der Waals surface area contributed by atoms with Gasteiger partial charge in [0.15, 0.2) is 58.6 Å². The van der Waals surface area contributed by atoms with E-state index in [4.69, 9.17) is 42.3 Å². The number of esters is 1. The SMILES string of the molecule is COc1cc(/C=C/C(=O)OC[C@H]2O[C@@H](OC[C@H]3O[C@@H](Oc4cc5c(O)cc(=O)cc-5oc4-c4ccc(O)c(O)c4)[C@H](O[C@@H]4OC[C@@H](O)[C@H](O)[C@H]4O)[C@@H](O)[C@H]3O)[C@H](O)[C@@H](O)[C@@H]2O)ccc1O. The van der Waals surface area contributed by atoms with Crippen molar-refractivity contribution in [2.75, 3.05) is 26.9 Å². The zero-order chi connectivity index (χ0) is 46.9. The number of aromatic hydroxyl groups is 4. The van der Waals surface area contributed by atoms with Crippen LogP contribution in [0.15, 0.2) is 69.9 Å². The first-order valence-corrected chi connectivity index (χ1v) is 19.8. The summed E-state index contributed by atoms with van der Waals surface area (Å²) in [7, 11) is 1.34. The molecule has 3 fully saturated rings. The molecule has 0 saturated carbocycles. The molecule has 352 valence electrons. The molecule has 7 rings (SSSR count). The van der Waals surface area contributed by atoms with Crippen LogP contribution in [0.2, 0.25) is 0 Å². The van der Waals surface area contributed by atoms with Crippen molar-refractivity contribution in [3.8, 4) is 57.1 Å². The molecule has 4 aliphatic heterocycles. The fourth-order valence-corrected chi connectivity index (χ4v) is 7.15. The van der Waals surface area contributed by atoms with Gasteiger partial charge in [0.05, 0.1) is 25.9 Å². The number of phenolic OH excluding ortho intramolecular Hbond substituents is 4. The van der Waals surface area contributed by atoms with Crippen LogP contribution in [0.3, 0.4) is 0 Å². The summed E-state index contributed by atoms with van der Waals surface area (Å²) in [5.41, 5.74) is -0.232. The summed E-state index contributed by atoms with van der Waals surface area (Å²) in [5, 5.41) is 127. The maximum atomic E-state index is 12.5.